The molecule has 31 heavy (non-hydrogen) atoms. The molecule has 1 aromatic carbocycles. The molecule has 1 aliphatic heterocycles. The number of anilines is 2. The van der Waals surface area contributed by atoms with E-state index in [1.54, 1.807) is 23.9 Å². The highest BCUT2D eigenvalue weighted by molar-refractivity contribution is 6.30. The molecular weight excluding hydrogens is 419 g/mol. The minimum Gasteiger partial charge on any atom is -0.424 e. The lowest BCUT2D eigenvalue weighted by Crippen LogP contribution is -2.48. The van der Waals surface area contributed by atoms with Crippen molar-refractivity contribution in [3.63, 3.8) is 0 Å². The van der Waals surface area contributed by atoms with Crippen LogP contribution in [0.4, 0.5) is 16.0 Å². The summed E-state index contributed by atoms with van der Waals surface area (Å²) >= 11 is 6.03. The summed E-state index contributed by atoms with van der Waals surface area (Å²) in [7, 11) is 1.80. The van der Waals surface area contributed by atoms with E-state index in [9.17, 15) is 4.39 Å². The maximum Gasteiger partial charge on any atom is 0.321 e. The summed E-state index contributed by atoms with van der Waals surface area (Å²) in [6.07, 6.45) is 3.52. The summed E-state index contributed by atoms with van der Waals surface area (Å²) < 4.78 is 21.8. The number of nitrogens with zero attached hydrogens (tertiary/aromatic N) is 5. The number of nitrogens with one attached hydrogen (secondary N) is 1. The molecule has 1 saturated carbocycles. The Labute approximate surface area is 185 Å². The molecule has 0 radical (unpaired) electrons. The van der Waals surface area contributed by atoms with Crippen LogP contribution in [-0.4, -0.2) is 38.9 Å². The smallest absolute Gasteiger partial charge is 0.321 e. The van der Waals surface area contributed by atoms with Crippen molar-refractivity contribution < 1.29 is 9.13 Å². The number of ether oxygens (including phenoxy) is 1. The molecule has 1 N–H and O–H groups in total. The Hall–Kier alpha value is -2.87. The summed E-state index contributed by atoms with van der Waals surface area (Å²) in [5.41, 5.74) is 1.48. The predicted octanol–water partition coefficient (Wildman–Crippen LogP) is 4.43. The molecule has 2 bridgehead atoms. The molecule has 3 heterocycles. The first-order chi connectivity index (χ1) is 15.0. The Bertz CT molecular complexity index is 1090. The second-order valence-corrected chi connectivity index (χ2v) is 8.79. The van der Waals surface area contributed by atoms with Gasteiger partial charge < -0.3 is 15.0 Å². The third-order valence-corrected chi connectivity index (χ3v) is 6.41. The van der Waals surface area contributed by atoms with Gasteiger partial charge in [0.1, 0.15) is 5.75 Å². The van der Waals surface area contributed by atoms with E-state index < -0.39 is 0 Å². The van der Waals surface area contributed by atoms with Gasteiger partial charge in [0.25, 0.3) is 0 Å². The molecule has 3 aromatic rings. The summed E-state index contributed by atoms with van der Waals surface area (Å²) in [6, 6.07) is 9.66. The van der Waals surface area contributed by atoms with Crippen LogP contribution < -0.4 is 15.0 Å². The average molecular weight is 443 g/mol. The molecule has 5 rings (SSSR count). The van der Waals surface area contributed by atoms with Gasteiger partial charge in [-0.05, 0) is 55.9 Å². The van der Waals surface area contributed by atoms with Crippen LogP contribution in [-0.2, 0) is 7.05 Å². The first-order valence-corrected chi connectivity index (χ1v) is 10.8. The number of halogens is 2. The fourth-order valence-electron chi connectivity index (χ4n) is 4.73. The molecule has 0 amide bonds. The number of aromatic nitrogens is 4. The van der Waals surface area contributed by atoms with Crippen LogP contribution in [0.25, 0.3) is 0 Å². The number of aryl methyl sites for hydroxylation is 2. The van der Waals surface area contributed by atoms with Gasteiger partial charge in [0.15, 0.2) is 5.82 Å². The monoisotopic (exact) mass is 442 g/mol. The van der Waals surface area contributed by atoms with E-state index in [-0.39, 0.29) is 11.9 Å². The maximum absolute atomic E-state index is 14.4. The van der Waals surface area contributed by atoms with Gasteiger partial charge in [-0.15, -0.1) is 5.10 Å². The average Bonchev–Trinajstić information content (AvgIpc) is 3.17. The number of hydrogen-bond donors (Lipinski definition) is 1. The summed E-state index contributed by atoms with van der Waals surface area (Å²) in [5.74, 6) is 1.68. The van der Waals surface area contributed by atoms with Crippen LogP contribution in [0.5, 0.6) is 11.8 Å². The van der Waals surface area contributed by atoms with Crippen LogP contribution in [0.3, 0.4) is 0 Å². The molecule has 2 aromatic heterocycles. The van der Waals surface area contributed by atoms with Crippen LogP contribution in [0, 0.1) is 24.6 Å². The highest BCUT2D eigenvalue weighted by atomic mass is 35.5. The zero-order valence-electron chi connectivity index (χ0n) is 17.4. The lowest BCUT2D eigenvalue weighted by atomic mass is 9.92. The lowest BCUT2D eigenvalue weighted by molar-refractivity contribution is 0.373. The van der Waals surface area contributed by atoms with Crippen molar-refractivity contribution >= 4 is 23.2 Å². The molecule has 1 saturated heterocycles. The third kappa shape index (κ3) is 4.04. The van der Waals surface area contributed by atoms with Gasteiger partial charge in [-0.1, -0.05) is 17.7 Å². The summed E-state index contributed by atoms with van der Waals surface area (Å²) in [4.78, 5) is 10.7. The fourth-order valence-corrected chi connectivity index (χ4v) is 4.91. The van der Waals surface area contributed by atoms with Crippen LogP contribution in [0.1, 0.15) is 18.5 Å². The summed E-state index contributed by atoms with van der Waals surface area (Å²) in [6.45, 7) is 3.49. The maximum atomic E-state index is 14.4. The van der Waals surface area contributed by atoms with Crippen LogP contribution in [0.2, 0.25) is 5.02 Å². The molecule has 2 unspecified atom stereocenters. The molecular formula is C22H24ClFN6O. The molecule has 0 spiro atoms. The molecule has 2 aliphatic rings. The number of benzene rings is 1. The molecule has 7 nitrogen and oxygen atoms in total. The van der Waals surface area contributed by atoms with E-state index in [1.165, 1.54) is 6.20 Å². The van der Waals surface area contributed by atoms with Crippen LogP contribution >= 0.6 is 11.6 Å². The van der Waals surface area contributed by atoms with Gasteiger partial charge in [-0.25, -0.2) is 9.07 Å². The van der Waals surface area contributed by atoms with E-state index >= 15 is 0 Å². The minimum atomic E-state index is -0.259. The Balaban J connectivity index is 1.29. The Morgan fingerprint density at radius 1 is 1.19 bits per heavy atom. The van der Waals surface area contributed by atoms with Gasteiger partial charge in [-0.3, -0.25) is 4.98 Å². The van der Waals surface area contributed by atoms with Gasteiger partial charge in [0.05, 0.1) is 11.9 Å². The number of rotatable bonds is 5. The Kier molecular flexibility index (Phi) is 5.17. The van der Waals surface area contributed by atoms with Crippen molar-refractivity contribution in [3.05, 3.63) is 53.1 Å². The van der Waals surface area contributed by atoms with Crippen molar-refractivity contribution in [1.29, 1.82) is 0 Å². The van der Waals surface area contributed by atoms with Gasteiger partial charge in [-0.2, -0.15) is 4.98 Å². The molecule has 2 fully saturated rings. The van der Waals surface area contributed by atoms with E-state index in [0.29, 0.717) is 40.3 Å². The zero-order valence-corrected chi connectivity index (χ0v) is 18.2. The summed E-state index contributed by atoms with van der Waals surface area (Å²) in [5, 5.41) is 8.59. The number of pyridine rings is 1. The normalized spacial score (nSPS) is 22.6. The Morgan fingerprint density at radius 2 is 1.97 bits per heavy atom. The van der Waals surface area contributed by atoms with Crippen LogP contribution in [0.15, 0.2) is 36.5 Å². The quantitative estimate of drug-likeness (QED) is 0.630. The van der Waals surface area contributed by atoms with E-state index in [4.69, 9.17) is 16.3 Å². The first-order valence-electron chi connectivity index (χ1n) is 10.4. The van der Waals surface area contributed by atoms with Crippen molar-refractivity contribution in [3.8, 4) is 11.8 Å². The minimum absolute atomic E-state index is 0.253. The topological polar surface area (TPSA) is 68.1 Å². The highest BCUT2D eigenvalue weighted by Crippen LogP contribution is 2.40. The lowest BCUT2D eigenvalue weighted by Gasteiger charge is -2.39. The standard InChI is InChI=1S/C22H24ClFN6O/c1-13-8-19(18(24)10-25-13)30-11-14-6-7-15(12-30)20(14)26-21-27-22(29(2)28-21)31-17-5-3-4-16(23)9-17/h3-5,8-10,14-15,20H,6-7,11-12H2,1-2H3,(H,26,28). The largest absolute Gasteiger partial charge is 0.424 e. The van der Waals surface area contributed by atoms with Gasteiger partial charge in [0.2, 0.25) is 5.95 Å². The number of piperidine rings is 1. The van der Waals surface area contributed by atoms with Gasteiger partial charge in [0, 0.05) is 36.9 Å². The zero-order chi connectivity index (χ0) is 21.5. The van der Waals surface area contributed by atoms with Crippen molar-refractivity contribution in [1.82, 2.24) is 19.7 Å². The van der Waals surface area contributed by atoms with Crippen molar-refractivity contribution in [2.24, 2.45) is 18.9 Å². The van der Waals surface area contributed by atoms with Gasteiger partial charge >= 0.3 is 6.01 Å². The van der Waals surface area contributed by atoms with E-state index in [0.717, 1.165) is 31.6 Å². The number of hydrogen-bond acceptors (Lipinski definition) is 6. The Morgan fingerprint density at radius 3 is 2.71 bits per heavy atom. The fraction of sp³-hybridized carbons (Fsp3) is 0.409. The van der Waals surface area contributed by atoms with Crippen molar-refractivity contribution in [2.45, 2.75) is 25.8 Å². The second kappa shape index (κ2) is 8.00. The number of fused-ring (bicyclic) bond motifs is 2. The first kappa shape index (κ1) is 20.1. The SMILES string of the molecule is Cc1cc(N2CC3CCC(C2)C3Nc2nc(Oc3cccc(Cl)c3)n(C)n2)c(F)cn1. The van der Waals surface area contributed by atoms with E-state index in [2.05, 4.69) is 25.3 Å². The second-order valence-electron chi connectivity index (χ2n) is 8.35. The molecule has 162 valence electrons. The van der Waals surface area contributed by atoms with Crippen molar-refractivity contribution in [2.75, 3.05) is 23.3 Å². The van der Waals surface area contributed by atoms with E-state index in [1.807, 2.05) is 25.1 Å². The molecule has 2 atom stereocenters. The molecule has 9 heteroatoms. The highest BCUT2D eigenvalue weighted by Gasteiger charge is 2.43. The molecule has 1 aliphatic carbocycles. The predicted molar refractivity (Wildman–Crippen MR) is 117 cm³/mol. The third-order valence-electron chi connectivity index (χ3n) is 6.17.